The molecule has 0 aliphatic heterocycles. The first-order chi connectivity index (χ1) is 15.0. The van der Waals surface area contributed by atoms with Crippen LogP contribution in [0.2, 0.25) is 0 Å². The number of ether oxygens (including phenoxy) is 1. The minimum Gasteiger partial charge on any atom is -0.445 e. The van der Waals surface area contributed by atoms with Crippen LogP contribution in [0.3, 0.4) is 0 Å². The van der Waals surface area contributed by atoms with Crippen LogP contribution in [-0.2, 0) is 27.4 Å². The fourth-order valence-corrected chi connectivity index (χ4v) is 3.37. The Balaban J connectivity index is 1.58. The highest BCUT2D eigenvalue weighted by Crippen LogP contribution is 2.17. The predicted molar refractivity (Wildman–Crippen MR) is 122 cm³/mol. The largest absolute Gasteiger partial charge is 0.445 e. The van der Waals surface area contributed by atoms with Gasteiger partial charge in [-0.25, -0.2) is 4.79 Å². The van der Waals surface area contributed by atoms with Gasteiger partial charge in [0.15, 0.2) is 0 Å². The van der Waals surface area contributed by atoms with Gasteiger partial charge >= 0.3 is 6.09 Å². The van der Waals surface area contributed by atoms with Gasteiger partial charge < -0.3 is 21.1 Å². The first-order valence-corrected chi connectivity index (χ1v) is 11.0. The highest BCUT2D eigenvalue weighted by atomic mass is 79.9. The lowest BCUT2D eigenvalue weighted by atomic mass is 10.0. The second kappa shape index (κ2) is 13.4. The molecule has 0 saturated heterocycles. The summed E-state index contributed by atoms with van der Waals surface area (Å²) in [7, 11) is 0. The van der Waals surface area contributed by atoms with Gasteiger partial charge in [0.25, 0.3) is 0 Å². The number of halogens is 1. The molecule has 166 valence electrons. The number of hydrogen-bond acceptors (Lipinski definition) is 4. The van der Waals surface area contributed by atoms with E-state index in [0.717, 1.165) is 28.4 Å². The monoisotopic (exact) mass is 489 g/mol. The highest BCUT2D eigenvalue weighted by Gasteiger charge is 2.19. The number of carbonyl (C=O) groups is 3. The molecule has 31 heavy (non-hydrogen) atoms. The summed E-state index contributed by atoms with van der Waals surface area (Å²) in [6, 6.07) is 16.2. The summed E-state index contributed by atoms with van der Waals surface area (Å²) in [5, 5.41) is 5.40. The van der Waals surface area contributed by atoms with E-state index in [0.29, 0.717) is 19.4 Å². The third-order valence-corrected chi connectivity index (χ3v) is 5.40. The van der Waals surface area contributed by atoms with E-state index in [1.165, 1.54) is 0 Å². The Labute approximate surface area is 190 Å². The molecular formula is C23H28BrN3O4. The zero-order chi connectivity index (χ0) is 22.5. The summed E-state index contributed by atoms with van der Waals surface area (Å²) in [6.07, 6.45) is 2.29. The first kappa shape index (κ1) is 24.4. The van der Waals surface area contributed by atoms with Crippen LogP contribution in [0.25, 0.3) is 0 Å². The maximum atomic E-state index is 12.2. The Morgan fingerprint density at radius 1 is 0.968 bits per heavy atom. The number of rotatable bonds is 12. The molecule has 0 bridgehead atoms. The van der Waals surface area contributed by atoms with E-state index in [2.05, 4.69) is 26.6 Å². The van der Waals surface area contributed by atoms with Gasteiger partial charge in [0.2, 0.25) is 11.8 Å². The number of alkyl carbamates (subject to hydrolysis) is 1. The summed E-state index contributed by atoms with van der Waals surface area (Å²) in [5.41, 5.74) is 7.27. The molecule has 0 heterocycles. The van der Waals surface area contributed by atoms with Crippen molar-refractivity contribution in [1.82, 2.24) is 10.6 Å². The molecule has 0 unspecified atom stereocenters. The molecule has 2 aromatic rings. The second-order valence-corrected chi connectivity index (χ2v) is 7.97. The SMILES string of the molecule is NC(=O)[C@H](Cc1ccccc1Br)NC(=O)CCCCCNC(=O)OCc1ccccc1. The Morgan fingerprint density at radius 2 is 1.68 bits per heavy atom. The van der Waals surface area contributed by atoms with Crippen molar-refractivity contribution in [2.75, 3.05) is 6.54 Å². The molecule has 8 heteroatoms. The maximum Gasteiger partial charge on any atom is 0.407 e. The minimum atomic E-state index is -0.757. The summed E-state index contributed by atoms with van der Waals surface area (Å²) in [4.78, 5) is 35.6. The van der Waals surface area contributed by atoms with E-state index in [-0.39, 0.29) is 18.9 Å². The van der Waals surface area contributed by atoms with Crippen molar-refractivity contribution >= 4 is 33.8 Å². The quantitative estimate of drug-likeness (QED) is 0.396. The van der Waals surface area contributed by atoms with Crippen molar-refractivity contribution in [3.05, 3.63) is 70.2 Å². The van der Waals surface area contributed by atoms with Crippen molar-refractivity contribution in [2.24, 2.45) is 5.73 Å². The third kappa shape index (κ3) is 9.65. The van der Waals surface area contributed by atoms with Gasteiger partial charge in [-0.3, -0.25) is 9.59 Å². The number of amides is 3. The van der Waals surface area contributed by atoms with Gasteiger partial charge in [-0.2, -0.15) is 0 Å². The number of nitrogens with one attached hydrogen (secondary N) is 2. The molecule has 2 rings (SSSR count). The molecule has 0 fully saturated rings. The van der Waals surface area contributed by atoms with Gasteiger partial charge in [0, 0.05) is 23.9 Å². The smallest absolute Gasteiger partial charge is 0.407 e. The molecule has 3 amide bonds. The number of benzene rings is 2. The molecule has 0 radical (unpaired) electrons. The zero-order valence-electron chi connectivity index (χ0n) is 17.3. The lowest BCUT2D eigenvalue weighted by Gasteiger charge is -2.16. The molecule has 0 aliphatic carbocycles. The van der Waals surface area contributed by atoms with E-state index in [4.69, 9.17) is 10.5 Å². The summed E-state index contributed by atoms with van der Waals surface area (Å²) < 4.78 is 6.00. The molecule has 4 N–H and O–H groups in total. The van der Waals surface area contributed by atoms with Gasteiger partial charge in [-0.05, 0) is 30.0 Å². The molecule has 0 aromatic heterocycles. The number of nitrogens with two attached hydrogens (primary N) is 1. The van der Waals surface area contributed by atoms with E-state index < -0.39 is 18.0 Å². The Hall–Kier alpha value is -2.87. The van der Waals surface area contributed by atoms with Crippen molar-refractivity contribution in [3.8, 4) is 0 Å². The van der Waals surface area contributed by atoms with Crippen LogP contribution in [0.15, 0.2) is 59.1 Å². The molecule has 7 nitrogen and oxygen atoms in total. The van der Waals surface area contributed by atoms with Crippen LogP contribution in [0.4, 0.5) is 4.79 Å². The second-order valence-electron chi connectivity index (χ2n) is 7.12. The van der Waals surface area contributed by atoms with Gasteiger partial charge in [-0.1, -0.05) is 70.9 Å². The number of carbonyl (C=O) groups excluding carboxylic acids is 3. The Bertz CT molecular complexity index is 861. The zero-order valence-corrected chi connectivity index (χ0v) is 18.9. The van der Waals surface area contributed by atoms with Crippen LogP contribution < -0.4 is 16.4 Å². The normalized spacial score (nSPS) is 11.4. The number of unbranched alkanes of at least 4 members (excludes halogenated alkanes) is 2. The van der Waals surface area contributed by atoms with E-state index >= 15 is 0 Å². The number of primary amides is 1. The molecule has 0 aliphatic rings. The lowest BCUT2D eigenvalue weighted by Crippen LogP contribution is -2.45. The van der Waals surface area contributed by atoms with Gasteiger partial charge in [0.1, 0.15) is 12.6 Å². The molecule has 2 aromatic carbocycles. The first-order valence-electron chi connectivity index (χ1n) is 10.2. The van der Waals surface area contributed by atoms with Crippen molar-refractivity contribution < 1.29 is 19.1 Å². The fraction of sp³-hybridized carbons (Fsp3) is 0.348. The van der Waals surface area contributed by atoms with Crippen molar-refractivity contribution in [3.63, 3.8) is 0 Å². The van der Waals surface area contributed by atoms with Crippen LogP contribution >= 0.6 is 15.9 Å². The molecular weight excluding hydrogens is 462 g/mol. The summed E-state index contributed by atoms with van der Waals surface area (Å²) in [5.74, 6) is -0.784. The third-order valence-electron chi connectivity index (χ3n) is 4.62. The van der Waals surface area contributed by atoms with Crippen LogP contribution in [0, 0.1) is 0 Å². The average molecular weight is 490 g/mol. The summed E-state index contributed by atoms with van der Waals surface area (Å²) in [6.45, 7) is 0.703. The topological polar surface area (TPSA) is 111 Å². The summed E-state index contributed by atoms with van der Waals surface area (Å²) >= 11 is 3.43. The van der Waals surface area contributed by atoms with Crippen LogP contribution in [0.5, 0.6) is 0 Å². The lowest BCUT2D eigenvalue weighted by molar-refractivity contribution is -0.127. The number of hydrogen-bond donors (Lipinski definition) is 3. The van der Waals surface area contributed by atoms with Crippen LogP contribution in [-0.4, -0.2) is 30.5 Å². The molecule has 0 saturated carbocycles. The van der Waals surface area contributed by atoms with Crippen molar-refractivity contribution in [2.45, 2.75) is 44.8 Å². The van der Waals surface area contributed by atoms with E-state index in [1.54, 1.807) is 0 Å². The Morgan fingerprint density at radius 3 is 2.39 bits per heavy atom. The predicted octanol–water partition coefficient (Wildman–Crippen LogP) is 3.45. The molecule has 1 atom stereocenters. The van der Waals surface area contributed by atoms with E-state index in [1.807, 2.05) is 54.6 Å². The van der Waals surface area contributed by atoms with Crippen molar-refractivity contribution in [1.29, 1.82) is 0 Å². The van der Waals surface area contributed by atoms with E-state index in [9.17, 15) is 14.4 Å². The fourth-order valence-electron chi connectivity index (χ4n) is 2.93. The average Bonchev–Trinajstić information content (AvgIpc) is 2.76. The maximum absolute atomic E-state index is 12.2. The molecule has 0 spiro atoms. The van der Waals surface area contributed by atoms with Crippen LogP contribution in [0.1, 0.15) is 36.8 Å². The van der Waals surface area contributed by atoms with Gasteiger partial charge in [0.05, 0.1) is 0 Å². The highest BCUT2D eigenvalue weighted by molar-refractivity contribution is 9.10. The standard InChI is InChI=1S/C23H28BrN3O4/c24-19-12-7-6-11-18(19)15-20(22(25)29)27-21(28)13-5-2-8-14-26-23(30)31-16-17-9-3-1-4-10-17/h1,3-4,6-7,9-12,20H,2,5,8,13-16H2,(H2,25,29)(H,26,30)(H,27,28)/t20-/m0/s1. The minimum absolute atomic E-state index is 0.217. The van der Waals surface area contributed by atoms with Gasteiger partial charge in [-0.15, -0.1) is 0 Å². The Kier molecular flexibility index (Phi) is 10.6.